The number of aliphatic imine (C=N–C) groups is 1. The largest absolute Gasteiger partial charge is 0.378 e. The highest BCUT2D eigenvalue weighted by atomic mass is 16.5. The van der Waals surface area contributed by atoms with Crippen LogP contribution in [0.4, 0.5) is 0 Å². The normalized spacial score (nSPS) is 25.3. The minimum absolute atomic E-state index is 0.139. The second-order valence-corrected chi connectivity index (χ2v) is 8.51. The van der Waals surface area contributed by atoms with Crippen LogP contribution in [0.5, 0.6) is 0 Å². The Balaban J connectivity index is 1.56. The first-order valence-corrected chi connectivity index (χ1v) is 9.81. The van der Waals surface area contributed by atoms with Crippen molar-refractivity contribution in [3.63, 3.8) is 0 Å². The van der Waals surface area contributed by atoms with Crippen LogP contribution in [0.15, 0.2) is 9.52 Å². The van der Waals surface area contributed by atoms with Crippen molar-refractivity contribution in [2.24, 2.45) is 10.4 Å². The topological polar surface area (TPSA) is 84.6 Å². The summed E-state index contributed by atoms with van der Waals surface area (Å²) in [4.78, 5) is 8.84. The lowest BCUT2D eigenvalue weighted by Gasteiger charge is -2.54. The molecule has 0 saturated heterocycles. The molecule has 1 aromatic rings. The summed E-state index contributed by atoms with van der Waals surface area (Å²) in [7, 11) is 1.80. The highest BCUT2D eigenvalue weighted by Crippen LogP contribution is 2.54. The smallest absolute Gasteiger partial charge is 0.232 e. The average Bonchev–Trinajstić information content (AvgIpc) is 3.27. The Labute approximate surface area is 156 Å². The van der Waals surface area contributed by atoms with Gasteiger partial charge in [0.1, 0.15) is 0 Å². The van der Waals surface area contributed by atoms with E-state index in [4.69, 9.17) is 9.26 Å². The van der Waals surface area contributed by atoms with E-state index in [1.807, 2.05) is 0 Å². The average molecular weight is 364 g/mol. The van der Waals surface area contributed by atoms with Crippen LogP contribution in [0.3, 0.4) is 0 Å². The van der Waals surface area contributed by atoms with Gasteiger partial charge in [0.2, 0.25) is 5.89 Å². The molecule has 7 heteroatoms. The zero-order chi connectivity index (χ0) is 18.8. The predicted octanol–water partition coefficient (Wildman–Crippen LogP) is 2.77. The molecule has 0 amide bonds. The molecule has 2 unspecified atom stereocenters. The molecule has 3 rings (SSSR count). The van der Waals surface area contributed by atoms with Gasteiger partial charge in [-0.1, -0.05) is 38.8 Å². The number of rotatable bonds is 5. The molecular weight excluding hydrogens is 330 g/mol. The van der Waals surface area contributed by atoms with Gasteiger partial charge in [0, 0.05) is 30.5 Å². The van der Waals surface area contributed by atoms with E-state index in [1.54, 1.807) is 7.05 Å². The van der Waals surface area contributed by atoms with Crippen LogP contribution in [0.25, 0.3) is 0 Å². The van der Waals surface area contributed by atoms with Crippen molar-refractivity contribution >= 4 is 5.96 Å². The van der Waals surface area contributed by atoms with Gasteiger partial charge in [-0.15, -0.1) is 0 Å². The second-order valence-electron chi connectivity index (χ2n) is 8.51. The first-order valence-electron chi connectivity index (χ1n) is 9.81. The first-order chi connectivity index (χ1) is 12.4. The van der Waals surface area contributed by atoms with Crippen LogP contribution in [0.1, 0.15) is 71.5 Å². The Bertz CT molecular complexity index is 628. The Morgan fingerprint density at radius 2 is 2.08 bits per heavy atom. The molecule has 2 fully saturated rings. The fraction of sp³-hybridized carbons (Fsp3) is 0.842. The molecule has 1 spiro atoms. The van der Waals surface area contributed by atoms with Gasteiger partial charge in [-0.2, -0.15) is 4.98 Å². The van der Waals surface area contributed by atoms with Crippen LogP contribution in [0.2, 0.25) is 0 Å². The van der Waals surface area contributed by atoms with Crippen LogP contribution >= 0.6 is 0 Å². The monoisotopic (exact) mass is 363 g/mol. The summed E-state index contributed by atoms with van der Waals surface area (Å²) in [6.45, 7) is 9.55. The molecule has 7 nitrogen and oxygen atoms in total. The van der Waals surface area contributed by atoms with Crippen LogP contribution in [-0.4, -0.2) is 41.9 Å². The molecule has 0 bridgehead atoms. The molecule has 2 aliphatic rings. The summed E-state index contributed by atoms with van der Waals surface area (Å²) in [5, 5.41) is 11.0. The fourth-order valence-corrected chi connectivity index (χ4v) is 4.24. The van der Waals surface area contributed by atoms with Crippen LogP contribution in [-0.2, 0) is 16.7 Å². The highest BCUT2D eigenvalue weighted by molar-refractivity contribution is 5.80. The quantitative estimate of drug-likeness (QED) is 0.618. The molecule has 146 valence electrons. The molecule has 26 heavy (non-hydrogen) atoms. The number of ether oxygens (including phenoxy) is 1. The van der Waals surface area contributed by atoms with Crippen molar-refractivity contribution in [3.05, 3.63) is 11.7 Å². The number of aromatic nitrogens is 2. The number of hydrogen-bond donors (Lipinski definition) is 2. The maximum absolute atomic E-state index is 5.99. The Hall–Kier alpha value is -1.63. The minimum atomic E-state index is -0.139. The molecule has 2 N–H and O–H groups in total. The molecule has 1 heterocycles. The first kappa shape index (κ1) is 19.1. The molecule has 0 aromatic carbocycles. The molecule has 0 aliphatic heterocycles. The highest BCUT2D eigenvalue weighted by Gasteiger charge is 2.56. The molecular formula is C19H33N5O2. The van der Waals surface area contributed by atoms with E-state index >= 15 is 0 Å². The predicted molar refractivity (Wildman–Crippen MR) is 101 cm³/mol. The van der Waals surface area contributed by atoms with E-state index in [9.17, 15) is 0 Å². The lowest BCUT2D eigenvalue weighted by molar-refractivity contribution is -0.125. The van der Waals surface area contributed by atoms with Crippen molar-refractivity contribution in [1.82, 2.24) is 20.8 Å². The lowest BCUT2D eigenvalue weighted by Crippen LogP contribution is -2.65. The minimum Gasteiger partial charge on any atom is -0.378 e. The van der Waals surface area contributed by atoms with E-state index in [-0.39, 0.29) is 10.8 Å². The Morgan fingerprint density at radius 3 is 2.65 bits per heavy atom. The van der Waals surface area contributed by atoms with Crippen molar-refractivity contribution in [2.45, 2.75) is 83.9 Å². The van der Waals surface area contributed by atoms with Gasteiger partial charge in [-0.25, -0.2) is 0 Å². The summed E-state index contributed by atoms with van der Waals surface area (Å²) in [6, 6.07) is 0.420. The van der Waals surface area contributed by atoms with Gasteiger partial charge in [-0.05, 0) is 26.2 Å². The molecule has 0 radical (unpaired) electrons. The van der Waals surface area contributed by atoms with Gasteiger partial charge in [0.25, 0.3) is 0 Å². The zero-order valence-electron chi connectivity index (χ0n) is 16.8. The van der Waals surface area contributed by atoms with Gasteiger partial charge in [-0.3, -0.25) is 4.99 Å². The zero-order valence-corrected chi connectivity index (χ0v) is 16.8. The molecule has 2 saturated carbocycles. The SMILES string of the molecule is CCOC1CC(NC(=NC)NCc2noc(C(C)(C)C)n2)C12CCCC2. The maximum Gasteiger partial charge on any atom is 0.232 e. The van der Waals surface area contributed by atoms with Gasteiger partial charge < -0.3 is 19.9 Å². The maximum atomic E-state index is 5.99. The summed E-state index contributed by atoms with van der Waals surface area (Å²) in [5.41, 5.74) is 0.138. The summed E-state index contributed by atoms with van der Waals surface area (Å²) in [6.07, 6.45) is 6.51. The van der Waals surface area contributed by atoms with E-state index in [0.717, 1.165) is 19.0 Å². The number of nitrogens with zero attached hydrogens (tertiary/aromatic N) is 3. The van der Waals surface area contributed by atoms with E-state index in [0.29, 0.717) is 30.4 Å². The van der Waals surface area contributed by atoms with Gasteiger partial charge in [0.05, 0.1) is 12.6 Å². The Kier molecular flexibility index (Phi) is 5.55. The Morgan fingerprint density at radius 1 is 1.35 bits per heavy atom. The van der Waals surface area contributed by atoms with Crippen LogP contribution < -0.4 is 10.6 Å². The summed E-state index contributed by atoms with van der Waals surface area (Å²) >= 11 is 0. The standard InChI is InChI=1S/C19H33N5O2/c1-6-25-14-11-13(19(14)9-7-8-10-19)22-17(20-5)21-12-15-23-16(26-24-15)18(2,3)4/h13-14H,6-12H2,1-5H3,(H2,20,21,22). The third-order valence-electron chi connectivity index (χ3n) is 5.75. The third kappa shape index (κ3) is 3.72. The van der Waals surface area contributed by atoms with Crippen molar-refractivity contribution < 1.29 is 9.26 Å². The lowest BCUT2D eigenvalue weighted by atomic mass is 9.60. The van der Waals surface area contributed by atoms with Gasteiger partial charge in [0.15, 0.2) is 11.8 Å². The number of hydrogen-bond acceptors (Lipinski definition) is 5. The number of guanidine groups is 1. The molecule has 2 atom stereocenters. The fourth-order valence-electron chi connectivity index (χ4n) is 4.24. The van der Waals surface area contributed by atoms with Crippen molar-refractivity contribution in [1.29, 1.82) is 0 Å². The van der Waals surface area contributed by atoms with E-state index < -0.39 is 0 Å². The summed E-state index contributed by atoms with van der Waals surface area (Å²) in [5.74, 6) is 2.09. The summed E-state index contributed by atoms with van der Waals surface area (Å²) < 4.78 is 11.3. The number of nitrogens with one attached hydrogen (secondary N) is 2. The van der Waals surface area contributed by atoms with Crippen LogP contribution in [0, 0.1) is 5.41 Å². The van der Waals surface area contributed by atoms with E-state index in [2.05, 4.69) is 53.5 Å². The third-order valence-corrected chi connectivity index (χ3v) is 5.75. The second kappa shape index (κ2) is 7.55. The van der Waals surface area contributed by atoms with Crippen molar-refractivity contribution in [3.8, 4) is 0 Å². The van der Waals surface area contributed by atoms with E-state index in [1.165, 1.54) is 25.7 Å². The molecule has 1 aromatic heterocycles. The van der Waals surface area contributed by atoms with Crippen molar-refractivity contribution in [2.75, 3.05) is 13.7 Å². The van der Waals surface area contributed by atoms with Gasteiger partial charge >= 0.3 is 0 Å². The molecule has 2 aliphatic carbocycles.